The molecular formula is C13H16ClNO3. The topological polar surface area (TPSA) is 39.7 Å². The van der Waals surface area contributed by atoms with E-state index in [0.717, 1.165) is 31.1 Å². The van der Waals surface area contributed by atoms with Crippen LogP contribution < -0.4 is 14.8 Å². The fraction of sp³-hybridized carbons (Fsp3) is 0.538. The van der Waals surface area contributed by atoms with Gasteiger partial charge in [0.05, 0.1) is 17.3 Å². The summed E-state index contributed by atoms with van der Waals surface area (Å²) in [6, 6.07) is 4.02. The average Bonchev–Trinajstić information content (AvgIpc) is 2.98. The number of benzene rings is 1. The predicted octanol–water partition coefficient (Wildman–Crippen LogP) is 2.91. The minimum Gasteiger partial charge on any atom is -0.454 e. The van der Waals surface area contributed by atoms with Crippen molar-refractivity contribution in [3.8, 4) is 11.5 Å². The van der Waals surface area contributed by atoms with Crippen LogP contribution in [0.3, 0.4) is 0 Å². The molecule has 2 heterocycles. The zero-order chi connectivity index (χ0) is 12.5. The van der Waals surface area contributed by atoms with E-state index in [9.17, 15) is 0 Å². The summed E-state index contributed by atoms with van der Waals surface area (Å²) in [5, 5.41) is 4.09. The number of fused-ring (bicyclic) bond motifs is 1. The number of ether oxygens (including phenoxy) is 3. The Hall–Kier alpha value is -1.13. The second-order valence-electron chi connectivity index (χ2n) is 4.74. The lowest BCUT2D eigenvalue weighted by Gasteiger charge is -2.21. The molecule has 0 saturated carbocycles. The first kappa shape index (κ1) is 11.9. The maximum absolute atomic E-state index is 6.23. The highest BCUT2D eigenvalue weighted by Gasteiger charge is 2.24. The van der Waals surface area contributed by atoms with Crippen LogP contribution in [-0.4, -0.2) is 26.0 Å². The summed E-state index contributed by atoms with van der Waals surface area (Å²) < 4.78 is 16.0. The lowest BCUT2D eigenvalue weighted by molar-refractivity contribution is 0.174. The molecule has 0 aliphatic carbocycles. The molecule has 1 fully saturated rings. The Morgan fingerprint density at radius 3 is 2.83 bits per heavy atom. The van der Waals surface area contributed by atoms with Gasteiger partial charge in [-0.2, -0.15) is 0 Å². The molecule has 1 N–H and O–H groups in total. The largest absolute Gasteiger partial charge is 0.454 e. The van der Waals surface area contributed by atoms with Gasteiger partial charge >= 0.3 is 0 Å². The van der Waals surface area contributed by atoms with Crippen molar-refractivity contribution in [1.29, 1.82) is 0 Å². The first-order valence-electron chi connectivity index (χ1n) is 6.17. The maximum atomic E-state index is 6.23. The third-order valence-electron chi connectivity index (χ3n) is 3.52. The number of hydrogen-bond donors (Lipinski definition) is 1. The number of hydrogen-bond acceptors (Lipinski definition) is 4. The first-order chi connectivity index (χ1) is 8.74. The SMILES string of the molecule is CC(Nc1cc2c(cc1Cl)OCO2)C1CCOC1. The van der Waals surface area contributed by atoms with Crippen LogP contribution >= 0.6 is 11.6 Å². The van der Waals surface area contributed by atoms with E-state index in [1.54, 1.807) is 6.07 Å². The van der Waals surface area contributed by atoms with E-state index in [2.05, 4.69) is 12.2 Å². The highest BCUT2D eigenvalue weighted by atomic mass is 35.5. The summed E-state index contributed by atoms with van der Waals surface area (Å²) in [5.74, 6) is 1.99. The number of anilines is 1. The van der Waals surface area contributed by atoms with Gasteiger partial charge in [0.2, 0.25) is 6.79 Å². The lowest BCUT2D eigenvalue weighted by Crippen LogP contribution is -2.26. The average molecular weight is 270 g/mol. The molecule has 2 aliphatic rings. The third-order valence-corrected chi connectivity index (χ3v) is 3.83. The Labute approximate surface area is 111 Å². The van der Waals surface area contributed by atoms with Crippen LogP contribution in [0.1, 0.15) is 13.3 Å². The summed E-state index contributed by atoms with van der Waals surface area (Å²) in [6.07, 6.45) is 1.09. The van der Waals surface area contributed by atoms with E-state index in [0.29, 0.717) is 22.7 Å². The van der Waals surface area contributed by atoms with Crippen molar-refractivity contribution in [2.45, 2.75) is 19.4 Å². The second kappa shape index (κ2) is 4.86. The minimum atomic E-state index is 0.265. The molecule has 2 unspecified atom stereocenters. The summed E-state index contributed by atoms with van der Waals surface area (Å²) >= 11 is 6.23. The van der Waals surface area contributed by atoms with Gasteiger partial charge < -0.3 is 19.5 Å². The van der Waals surface area contributed by atoms with Gasteiger partial charge in [0, 0.05) is 30.7 Å². The van der Waals surface area contributed by atoms with E-state index in [4.69, 9.17) is 25.8 Å². The smallest absolute Gasteiger partial charge is 0.231 e. The van der Waals surface area contributed by atoms with Gasteiger partial charge in [0.1, 0.15) is 0 Å². The molecule has 1 aromatic rings. The van der Waals surface area contributed by atoms with Crippen LogP contribution in [0.5, 0.6) is 11.5 Å². The Kier molecular flexibility index (Phi) is 3.22. The molecule has 0 amide bonds. The highest BCUT2D eigenvalue weighted by molar-refractivity contribution is 6.33. The molecular weight excluding hydrogens is 254 g/mol. The standard InChI is InChI=1S/C13H16ClNO3/c1-8(9-2-3-16-6-9)15-11-5-13-12(4-10(11)14)17-7-18-13/h4-5,8-9,15H,2-3,6-7H2,1H3. The Morgan fingerprint density at radius 2 is 2.11 bits per heavy atom. The molecule has 1 aromatic carbocycles. The monoisotopic (exact) mass is 269 g/mol. The van der Waals surface area contributed by atoms with Crippen molar-refractivity contribution in [1.82, 2.24) is 0 Å². The summed E-state index contributed by atoms with van der Waals surface area (Å²) in [6.45, 7) is 4.09. The summed E-state index contributed by atoms with van der Waals surface area (Å²) in [4.78, 5) is 0. The van der Waals surface area contributed by atoms with Crippen molar-refractivity contribution in [2.75, 3.05) is 25.3 Å². The molecule has 0 bridgehead atoms. The Morgan fingerprint density at radius 1 is 1.33 bits per heavy atom. The van der Waals surface area contributed by atoms with Crippen LogP contribution in [0, 0.1) is 5.92 Å². The van der Waals surface area contributed by atoms with Gasteiger partial charge in [0.15, 0.2) is 11.5 Å². The minimum absolute atomic E-state index is 0.265. The van der Waals surface area contributed by atoms with Crippen molar-refractivity contribution in [3.05, 3.63) is 17.2 Å². The van der Waals surface area contributed by atoms with E-state index in [1.165, 1.54) is 0 Å². The van der Waals surface area contributed by atoms with Crippen molar-refractivity contribution in [2.24, 2.45) is 5.92 Å². The van der Waals surface area contributed by atoms with E-state index in [1.807, 2.05) is 6.07 Å². The molecule has 0 spiro atoms. The molecule has 5 heteroatoms. The third kappa shape index (κ3) is 2.22. The second-order valence-corrected chi connectivity index (χ2v) is 5.15. The molecule has 18 heavy (non-hydrogen) atoms. The van der Waals surface area contributed by atoms with Gasteiger partial charge in [-0.25, -0.2) is 0 Å². The normalized spacial score (nSPS) is 23.1. The van der Waals surface area contributed by atoms with Gasteiger partial charge in [-0.3, -0.25) is 0 Å². The van der Waals surface area contributed by atoms with Crippen LogP contribution in [0.4, 0.5) is 5.69 Å². The van der Waals surface area contributed by atoms with Gasteiger partial charge in [-0.05, 0) is 13.3 Å². The molecule has 0 radical (unpaired) electrons. The number of nitrogens with one attached hydrogen (secondary N) is 1. The zero-order valence-electron chi connectivity index (χ0n) is 10.2. The molecule has 1 saturated heterocycles. The number of rotatable bonds is 3. The molecule has 0 aromatic heterocycles. The summed E-state index contributed by atoms with van der Waals surface area (Å²) in [7, 11) is 0. The molecule has 98 valence electrons. The van der Waals surface area contributed by atoms with Gasteiger partial charge in [0.25, 0.3) is 0 Å². The molecule has 2 aliphatic heterocycles. The molecule has 2 atom stereocenters. The van der Waals surface area contributed by atoms with Gasteiger partial charge in [-0.15, -0.1) is 0 Å². The maximum Gasteiger partial charge on any atom is 0.231 e. The van der Waals surface area contributed by atoms with E-state index >= 15 is 0 Å². The predicted molar refractivity (Wildman–Crippen MR) is 69.6 cm³/mol. The zero-order valence-corrected chi connectivity index (χ0v) is 11.0. The van der Waals surface area contributed by atoms with Crippen LogP contribution in [0.25, 0.3) is 0 Å². The fourth-order valence-corrected chi connectivity index (χ4v) is 2.55. The van der Waals surface area contributed by atoms with Crippen molar-refractivity contribution >= 4 is 17.3 Å². The Balaban J connectivity index is 1.75. The van der Waals surface area contributed by atoms with Crippen molar-refractivity contribution < 1.29 is 14.2 Å². The van der Waals surface area contributed by atoms with Crippen molar-refractivity contribution in [3.63, 3.8) is 0 Å². The van der Waals surface area contributed by atoms with Gasteiger partial charge in [-0.1, -0.05) is 11.6 Å². The molecule has 3 rings (SSSR count). The summed E-state index contributed by atoms with van der Waals surface area (Å²) in [5.41, 5.74) is 0.889. The Bertz CT molecular complexity index is 446. The van der Waals surface area contributed by atoms with E-state index in [-0.39, 0.29) is 6.79 Å². The van der Waals surface area contributed by atoms with Crippen LogP contribution in [-0.2, 0) is 4.74 Å². The lowest BCUT2D eigenvalue weighted by atomic mass is 10.0. The van der Waals surface area contributed by atoms with Crippen LogP contribution in [0.2, 0.25) is 5.02 Å². The number of halogens is 1. The quantitative estimate of drug-likeness (QED) is 0.916. The highest BCUT2D eigenvalue weighted by Crippen LogP contribution is 2.39. The first-order valence-corrected chi connectivity index (χ1v) is 6.55. The fourth-order valence-electron chi connectivity index (χ4n) is 2.34. The molecule has 4 nitrogen and oxygen atoms in total. The van der Waals surface area contributed by atoms with Crippen LogP contribution in [0.15, 0.2) is 12.1 Å². The van der Waals surface area contributed by atoms with E-state index < -0.39 is 0 Å².